The number of nitrogens with two attached hydrogens (primary N) is 1. The van der Waals surface area contributed by atoms with E-state index in [0.29, 0.717) is 18.1 Å². The number of anilines is 2. The molecule has 5 heteroatoms. The Labute approximate surface area is 102 Å². The molecule has 0 radical (unpaired) electrons. The van der Waals surface area contributed by atoms with E-state index < -0.39 is 0 Å². The van der Waals surface area contributed by atoms with Gasteiger partial charge in [-0.15, -0.1) is 0 Å². The van der Waals surface area contributed by atoms with E-state index in [0.717, 1.165) is 17.9 Å². The van der Waals surface area contributed by atoms with Crippen LogP contribution >= 0.6 is 0 Å². The molecule has 17 heavy (non-hydrogen) atoms. The molecule has 1 aromatic rings. The molecular formula is C12H20N4O. The second-order valence-electron chi connectivity index (χ2n) is 5.23. The Morgan fingerprint density at radius 2 is 2.18 bits per heavy atom. The molecule has 1 aliphatic carbocycles. The van der Waals surface area contributed by atoms with E-state index in [1.54, 1.807) is 7.11 Å². The van der Waals surface area contributed by atoms with Crippen LogP contribution in [0, 0.1) is 12.3 Å². The number of hydrogen-bond donors (Lipinski definition) is 2. The fraction of sp³-hybridized carbons (Fsp3) is 0.667. The number of nitrogen functional groups attached to an aromatic ring is 1. The van der Waals surface area contributed by atoms with Crippen molar-refractivity contribution >= 4 is 11.8 Å². The molecule has 0 amide bonds. The van der Waals surface area contributed by atoms with Gasteiger partial charge in [0.1, 0.15) is 5.82 Å². The largest absolute Gasteiger partial charge is 0.381 e. The number of methoxy groups -OCH3 is 1. The van der Waals surface area contributed by atoms with Crippen molar-refractivity contribution in [2.24, 2.45) is 5.41 Å². The summed E-state index contributed by atoms with van der Waals surface area (Å²) < 4.78 is 5.42. The number of nitrogens with zero attached hydrogens (tertiary/aromatic N) is 2. The summed E-state index contributed by atoms with van der Waals surface area (Å²) >= 11 is 0. The minimum atomic E-state index is 0.113. The summed E-state index contributed by atoms with van der Waals surface area (Å²) in [6, 6.07) is 2.27. The van der Waals surface area contributed by atoms with Crippen molar-refractivity contribution in [1.29, 1.82) is 0 Å². The summed E-state index contributed by atoms with van der Waals surface area (Å²) in [5.41, 5.74) is 6.62. The standard InChI is InChI=1S/C12H20N4O/c1-7-5-10(16-11(13)14-7)15-8-6-9(17-4)12(8,2)3/h5,8-9H,6H2,1-4H3,(H3,13,14,15,16). The summed E-state index contributed by atoms with van der Waals surface area (Å²) in [5, 5.41) is 3.40. The molecule has 1 saturated carbocycles. The number of nitrogens with one attached hydrogen (secondary N) is 1. The van der Waals surface area contributed by atoms with Crippen LogP contribution in [0.2, 0.25) is 0 Å². The zero-order chi connectivity index (χ0) is 12.6. The molecule has 2 rings (SSSR count). The van der Waals surface area contributed by atoms with E-state index >= 15 is 0 Å². The lowest BCUT2D eigenvalue weighted by molar-refractivity contribution is -0.0795. The zero-order valence-electron chi connectivity index (χ0n) is 10.8. The van der Waals surface area contributed by atoms with Crippen molar-refractivity contribution in [3.8, 4) is 0 Å². The normalized spacial score (nSPS) is 26.4. The molecule has 2 atom stereocenters. The van der Waals surface area contributed by atoms with Crippen LogP contribution < -0.4 is 11.1 Å². The van der Waals surface area contributed by atoms with Gasteiger partial charge in [-0.25, -0.2) is 4.98 Å². The first-order chi connectivity index (χ1) is 7.93. The van der Waals surface area contributed by atoms with Crippen LogP contribution in [0.25, 0.3) is 0 Å². The second kappa shape index (κ2) is 4.14. The molecule has 5 nitrogen and oxygen atoms in total. The van der Waals surface area contributed by atoms with Crippen LogP contribution in [-0.4, -0.2) is 29.2 Å². The van der Waals surface area contributed by atoms with E-state index in [1.165, 1.54) is 0 Å². The third kappa shape index (κ3) is 2.20. The summed E-state index contributed by atoms with van der Waals surface area (Å²) in [5.74, 6) is 1.11. The van der Waals surface area contributed by atoms with Crippen molar-refractivity contribution in [3.05, 3.63) is 11.8 Å². The molecule has 0 aromatic carbocycles. The zero-order valence-corrected chi connectivity index (χ0v) is 10.8. The lowest BCUT2D eigenvalue weighted by atomic mass is 9.64. The molecule has 1 aliphatic rings. The van der Waals surface area contributed by atoms with E-state index in [4.69, 9.17) is 10.5 Å². The second-order valence-corrected chi connectivity index (χ2v) is 5.23. The average molecular weight is 236 g/mol. The highest BCUT2D eigenvalue weighted by molar-refractivity contribution is 5.42. The highest BCUT2D eigenvalue weighted by atomic mass is 16.5. The number of ether oxygens (including phenoxy) is 1. The highest BCUT2D eigenvalue weighted by Gasteiger charge is 2.48. The molecule has 1 aromatic heterocycles. The Morgan fingerprint density at radius 3 is 2.71 bits per heavy atom. The maximum absolute atomic E-state index is 5.63. The van der Waals surface area contributed by atoms with Gasteiger partial charge in [0.25, 0.3) is 0 Å². The third-order valence-corrected chi connectivity index (χ3v) is 3.66. The van der Waals surface area contributed by atoms with E-state index in [9.17, 15) is 0 Å². The van der Waals surface area contributed by atoms with Crippen molar-refractivity contribution in [2.75, 3.05) is 18.2 Å². The Balaban J connectivity index is 2.08. The summed E-state index contributed by atoms with van der Waals surface area (Å²) in [6.07, 6.45) is 1.30. The van der Waals surface area contributed by atoms with Crippen molar-refractivity contribution in [3.63, 3.8) is 0 Å². The Kier molecular flexibility index (Phi) is 2.95. The van der Waals surface area contributed by atoms with Gasteiger partial charge in [-0.2, -0.15) is 4.98 Å². The number of hydrogen-bond acceptors (Lipinski definition) is 5. The van der Waals surface area contributed by atoms with Crippen molar-refractivity contribution in [2.45, 2.75) is 39.3 Å². The monoisotopic (exact) mass is 236 g/mol. The molecule has 0 spiro atoms. The maximum atomic E-state index is 5.63. The highest BCUT2D eigenvalue weighted by Crippen LogP contribution is 2.43. The van der Waals surface area contributed by atoms with Crippen LogP contribution in [0.15, 0.2) is 6.07 Å². The first-order valence-electron chi connectivity index (χ1n) is 5.84. The number of aromatic nitrogens is 2. The van der Waals surface area contributed by atoms with Crippen LogP contribution in [0.3, 0.4) is 0 Å². The van der Waals surface area contributed by atoms with E-state index in [-0.39, 0.29) is 5.41 Å². The predicted octanol–water partition coefficient (Wildman–Crippen LogP) is 1.59. The Hall–Kier alpha value is -1.36. The predicted molar refractivity (Wildman–Crippen MR) is 67.8 cm³/mol. The lowest BCUT2D eigenvalue weighted by Crippen LogP contribution is -2.57. The quantitative estimate of drug-likeness (QED) is 0.833. The van der Waals surface area contributed by atoms with Gasteiger partial charge >= 0.3 is 0 Å². The first-order valence-corrected chi connectivity index (χ1v) is 5.84. The molecule has 1 fully saturated rings. The van der Waals surface area contributed by atoms with Gasteiger partial charge in [0.15, 0.2) is 0 Å². The van der Waals surface area contributed by atoms with Crippen molar-refractivity contribution in [1.82, 2.24) is 9.97 Å². The first kappa shape index (κ1) is 12.1. The van der Waals surface area contributed by atoms with Gasteiger partial charge < -0.3 is 15.8 Å². The molecule has 94 valence electrons. The van der Waals surface area contributed by atoms with Gasteiger partial charge in [-0.05, 0) is 13.3 Å². The van der Waals surface area contributed by atoms with Crippen LogP contribution in [0.1, 0.15) is 26.0 Å². The van der Waals surface area contributed by atoms with Crippen LogP contribution in [0.5, 0.6) is 0 Å². The molecule has 0 saturated heterocycles. The summed E-state index contributed by atoms with van der Waals surface area (Å²) in [7, 11) is 1.76. The smallest absolute Gasteiger partial charge is 0.222 e. The van der Waals surface area contributed by atoms with Gasteiger partial charge in [-0.1, -0.05) is 13.8 Å². The van der Waals surface area contributed by atoms with Gasteiger partial charge in [-0.3, -0.25) is 0 Å². The summed E-state index contributed by atoms with van der Waals surface area (Å²) in [4.78, 5) is 8.24. The minimum Gasteiger partial charge on any atom is -0.381 e. The summed E-state index contributed by atoms with van der Waals surface area (Å²) in [6.45, 7) is 6.30. The SMILES string of the molecule is COC1CC(Nc2cc(C)nc(N)n2)C1(C)C. The fourth-order valence-corrected chi connectivity index (χ4v) is 2.37. The van der Waals surface area contributed by atoms with Gasteiger partial charge in [0.05, 0.1) is 6.10 Å². The molecule has 2 unspecified atom stereocenters. The lowest BCUT2D eigenvalue weighted by Gasteiger charge is -2.51. The Bertz CT molecular complexity index is 399. The van der Waals surface area contributed by atoms with Gasteiger partial charge in [0, 0.05) is 30.3 Å². The third-order valence-electron chi connectivity index (χ3n) is 3.66. The number of aryl methyl sites for hydroxylation is 1. The number of rotatable bonds is 3. The minimum absolute atomic E-state index is 0.113. The average Bonchev–Trinajstić information content (AvgIpc) is 2.22. The molecule has 3 N–H and O–H groups in total. The van der Waals surface area contributed by atoms with Crippen molar-refractivity contribution < 1.29 is 4.74 Å². The molecule has 1 heterocycles. The van der Waals surface area contributed by atoms with E-state index in [1.807, 2.05) is 13.0 Å². The fourth-order valence-electron chi connectivity index (χ4n) is 2.37. The van der Waals surface area contributed by atoms with Gasteiger partial charge in [0.2, 0.25) is 5.95 Å². The topological polar surface area (TPSA) is 73.1 Å². The van der Waals surface area contributed by atoms with Crippen LogP contribution in [0.4, 0.5) is 11.8 Å². The van der Waals surface area contributed by atoms with Crippen LogP contribution in [-0.2, 0) is 4.74 Å². The Morgan fingerprint density at radius 1 is 1.47 bits per heavy atom. The molecule has 0 bridgehead atoms. The van der Waals surface area contributed by atoms with E-state index in [2.05, 4.69) is 29.1 Å². The maximum Gasteiger partial charge on any atom is 0.222 e. The molecular weight excluding hydrogens is 216 g/mol. The molecule has 0 aliphatic heterocycles.